The first-order valence-corrected chi connectivity index (χ1v) is 11.2. The average molecular weight is 403 g/mol. The lowest BCUT2D eigenvalue weighted by Gasteiger charge is -2.17. The molecular weight excluding hydrogens is 368 g/mol. The summed E-state index contributed by atoms with van der Waals surface area (Å²) in [5, 5.41) is 0. The lowest BCUT2D eigenvalue weighted by molar-refractivity contribution is 0.0908. The van der Waals surface area contributed by atoms with E-state index >= 15 is 0 Å². The summed E-state index contributed by atoms with van der Waals surface area (Å²) in [5.74, 6) is 1.66. The third-order valence-corrected chi connectivity index (χ3v) is 5.46. The predicted octanol–water partition coefficient (Wildman–Crippen LogP) is 7.63. The molecule has 2 nitrogen and oxygen atoms in total. The summed E-state index contributed by atoms with van der Waals surface area (Å²) < 4.78 is 12.2. The molecule has 0 aliphatic carbocycles. The van der Waals surface area contributed by atoms with E-state index in [2.05, 4.69) is 80.6 Å². The molecule has 1 atom stereocenters. The van der Waals surface area contributed by atoms with Crippen LogP contribution in [0.15, 0.2) is 78.9 Å². The van der Waals surface area contributed by atoms with Crippen LogP contribution in [0.2, 0.25) is 0 Å². The molecule has 0 aromatic heterocycles. The van der Waals surface area contributed by atoms with Gasteiger partial charge in [-0.2, -0.15) is 0 Å². The molecule has 3 aromatic rings. The van der Waals surface area contributed by atoms with E-state index in [-0.39, 0.29) is 0 Å². The Hall–Kier alpha value is -2.58. The predicted molar refractivity (Wildman–Crippen MR) is 127 cm³/mol. The van der Waals surface area contributed by atoms with Crippen LogP contribution in [0, 0.1) is 5.92 Å². The Kier molecular flexibility index (Phi) is 8.99. The minimum absolute atomic E-state index is 0.549. The molecule has 0 saturated heterocycles. The highest BCUT2D eigenvalue weighted by Gasteiger charge is 2.13. The van der Waals surface area contributed by atoms with E-state index in [0.29, 0.717) is 13.2 Å². The first kappa shape index (κ1) is 22.1. The van der Waals surface area contributed by atoms with Gasteiger partial charge >= 0.3 is 0 Å². The van der Waals surface area contributed by atoms with Gasteiger partial charge in [-0.25, -0.2) is 0 Å². The van der Waals surface area contributed by atoms with Crippen LogP contribution in [0.1, 0.15) is 39.5 Å². The molecule has 3 rings (SSSR count). The van der Waals surface area contributed by atoms with Crippen molar-refractivity contribution in [1.29, 1.82) is 0 Å². The molecule has 0 radical (unpaired) electrons. The van der Waals surface area contributed by atoms with Crippen molar-refractivity contribution >= 4 is 0 Å². The second kappa shape index (κ2) is 12.2. The van der Waals surface area contributed by atoms with Gasteiger partial charge in [-0.1, -0.05) is 112 Å². The fourth-order valence-corrected chi connectivity index (χ4v) is 3.67. The van der Waals surface area contributed by atoms with Gasteiger partial charge in [0.25, 0.3) is 0 Å². The van der Waals surface area contributed by atoms with Gasteiger partial charge in [0, 0.05) is 17.7 Å². The lowest BCUT2D eigenvalue weighted by atomic mass is 9.97. The minimum atomic E-state index is 0.549. The van der Waals surface area contributed by atoms with E-state index in [9.17, 15) is 0 Å². The summed E-state index contributed by atoms with van der Waals surface area (Å²) in [6.07, 6.45) is 4.99. The zero-order valence-electron chi connectivity index (χ0n) is 18.3. The molecule has 0 aliphatic rings. The summed E-state index contributed by atoms with van der Waals surface area (Å²) in [6.45, 7) is 6.53. The van der Waals surface area contributed by atoms with Crippen molar-refractivity contribution < 1.29 is 9.47 Å². The first-order valence-electron chi connectivity index (χ1n) is 11.2. The Bertz CT molecular complexity index is 801. The molecule has 0 fully saturated rings. The highest BCUT2D eigenvalue weighted by molar-refractivity contribution is 5.82. The van der Waals surface area contributed by atoms with Crippen molar-refractivity contribution in [3.63, 3.8) is 0 Å². The molecule has 0 heterocycles. The van der Waals surface area contributed by atoms with Gasteiger partial charge in [0.05, 0.1) is 6.61 Å². The molecule has 158 valence electrons. The Morgan fingerprint density at radius 3 is 1.83 bits per heavy atom. The van der Waals surface area contributed by atoms with Crippen LogP contribution >= 0.6 is 0 Å². The van der Waals surface area contributed by atoms with Gasteiger partial charge in [0.1, 0.15) is 12.4 Å². The van der Waals surface area contributed by atoms with Crippen LogP contribution in [0.3, 0.4) is 0 Å². The van der Waals surface area contributed by atoms with Crippen molar-refractivity contribution in [1.82, 2.24) is 0 Å². The Morgan fingerprint density at radius 2 is 1.27 bits per heavy atom. The van der Waals surface area contributed by atoms with Gasteiger partial charge in [0.2, 0.25) is 0 Å². The van der Waals surface area contributed by atoms with E-state index in [1.807, 2.05) is 12.1 Å². The van der Waals surface area contributed by atoms with Crippen LogP contribution in [-0.4, -0.2) is 19.8 Å². The van der Waals surface area contributed by atoms with E-state index in [0.717, 1.165) is 46.9 Å². The monoisotopic (exact) mass is 402 g/mol. The van der Waals surface area contributed by atoms with E-state index < -0.39 is 0 Å². The first-order chi connectivity index (χ1) is 14.8. The number of ether oxygens (including phenoxy) is 2. The van der Waals surface area contributed by atoms with Crippen LogP contribution in [0.25, 0.3) is 22.3 Å². The molecular formula is C28H34O2. The van der Waals surface area contributed by atoms with E-state index in [1.165, 1.54) is 19.3 Å². The normalized spacial score (nSPS) is 11.9. The molecule has 0 aliphatic heterocycles. The van der Waals surface area contributed by atoms with Crippen molar-refractivity contribution in [3.05, 3.63) is 78.9 Å². The van der Waals surface area contributed by atoms with Crippen LogP contribution in [-0.2, 0) is 4.74 Å². The van der Waals surface area contributed by atoms with Crippen LogP contribution in [0.4, 0.5) is 0 Å². The molecule has 2 heteroatoms. The number of hydrogen-bond donors (Lipinski definition) is 0. The van der Waals surface area contributed by atoms with Gasteiger partial charge in [-0.3, -0.25) is 0 Å². The van der Waals surface area contributed by atoms with Crippen LogP contribution < -0.4 is 4.74 Å². The Labute approximate surface area is 181 Å². The van der Waals surface area contributed by atoms with Crippen LogP contribution in [0.5, 0.6) is 5.75 Å². The highest BCUT2D eigenvalue weighted by atomic mass is 16.5. The molecule has 0 spiro atoms. The second-order valence-electron chi connectivity index (χ2n) is 7.91. The van der Waals surface area contributed by atoms with Gasteiger partial charge in [-0.15, -0.1) is 0 Å². The minimum Gasteiger partial charge on any atom is -0.490 e. The lowest BCUT2D eigenvalue weighted by Crippen LogP contribution is -2.10. The smallest absolute Gasteiger partial charge is 0.135 e. The maximum Gasteiger partial charge on any atom is 0.135 e. The molecule has 30 heavy (non-hydrogen) atoms. The summed E-state index contributed by atoms with van der Waals surface area (Å²) >= 11 is 0. The largest absolute Gasteiger partial charge is 0.490 e. The number of rotatable bonds is 12. The molecule has 0 amide bonds. The van der Waals surface area contributed by atoms with Crippen molar-refractivity contribution in [3.8, 4) is 28.0 Å². The highest BCUT2D eigenvalue weighted by Crippen LogP contribution is 2.38. The number of benzene rings is 3. The maximum absolute atomic E-state index is 6.32. The zero-order valence-corrected chi connectivity index (χ0v) is 18.3. The number of unbranched alkanes of at least 4 members (excludes halogenated alkanes) is 1. The summed E-state index contributed by atoms with van der Waals surface area (Å²) in [5.41, 5.74) is 4.56. The third kappa shape index (κ3) is 6.47. The maximum atomic E-state index is 6.32. The number of para-hydroxylation sites is 1. The molecule has 1 unspecified atom stereocenters. The topological polar surface area (TPSA) is 18.5 Å². The fourth-order valence-electron chi connectivity index (χ4n) is 3.67. The fraction of sp³-hybridized carbons (Fsp3) is 0.357. The molecule has 0 saturated carbocycles. The van der Waals surface area contributed by atoms with Gasteiger partial charge < -0.3 is 9.47 Å². The van der Waals surface area contributed by atoms with Crippen molar-refractivity contribution in [2.75, 3.05) is 19.8 Å². The number of hydrogen-bond acceptors (Lipinski definition) is 2. The average Bonchev–Trinajstić information content (AvgIpc) is 2.81. The summed E-state index contributed by atoms with van der Waals surface area (Å²) in [7, 11) is 0. The molecule has 3 aromatic carbocycles. The standard InChI is InChI=1S/C28H34O2/c1-3-4-12-23(2)19-20-29-21-22-30-28-26(24-13-7-5-8-14-24)17-11-18-27(28)25-15-9-6-10-16-25/h5-11,13-18,23H,3-4,12,19-22H2,1-2H3. The Morgan fingerprint density at radius 1 is 0.667 bits per heavy atom. The molecule has 0 N–H and O–H groups in total. The Balaban J connectivity index is 1.66. The van der Waals surface area contributed by atoms with Crippen molar-refractivity contribution in [2.24, 2.45) is 5.92 Å². The second-order valence-corrected chi connectivity index (χ2v) is 7.91. The van der Waals surface area contributed by atoms with Gasteiger partial charge in [0.15, 0.2) is 0 Å². The zero-order chi connectivity index (χ0) is 21.0. The summed E-state index contributed by atoms with van der Waals surface area (Å²) in [6, 6.07) is 27.2. The van der Waals surface area contributed by atoms with Gasteiger partial charge in [-0.05, 0) is 23.5 Å². The quantitative estimate of drug-likeness (QED) is 0.290. The van der Waals surface area contributed by atoms with E-state index in [4.69, 9.17) is 9.47 Å². The van der Waals surface area contributed by atoms with Crippen molar-refractivity contribution in [2.45, 2.75) is 39.5 Å². The van der Waals surface area contributed by atoms with E-state index in [1.54, 1.807) is 0 Å². The summed E-state index contributed by atoms with van der Waals surface area (Å²) in [4.78, 5) is 0. The third-order valence-electron chi connectivity index (χ3n) is 5.46. The molecule has 0 bridgehead atoms. The SMILES string of the molecule is CCCCC(C)CCOCCOc1c(-c2ccccc2)cccc1-c1ccccc1.